The van der Waals surface area contributed by atoms with E-state index in [9.17, 15) is 20.2 Å². The summed E-state index contributed by atoms with van der Waals surface area (Å²) in [5.41, 5.74) is 2.20. The summed E-state index contributed by atoms with van der Waals surface area (Å²) in [4.78, 5) is 22.7. The molecule has 1 N–H and O–H groups in total. The number of amides is 1. The molecule has 0 aromatic heterocycles. The maximum absolute atomic E-state index is 12.3. The first-order valence-corrected chi connectivity index (χ1v) is 11.3. The van der Waals surface area contributed by atoms with Gasteiger partial charge in [-0.15, -0.1) is 0 Å². The molecule has 1 amide bonds. The monoisotopic (exact) mass is 569 g/mol. The molecule has 3 rings (SSSR count). The normalized spacial score (nSPS) is 10.8. The summed E-state index contributed by atoms with van der Waals surface area (Å²) in [6, 6.07) is 20.5. The Hall–Kier alpha value is -3.91. The van der Waals surface area contributed by atoms with Gasteiger partial charge in [0.15, 0.2) is 18.1 Å². The summed E-state index contributed by atoms with van der Waals surface area (Å²) in [6.07, 6.45) is 1.66. The summed E-state index contributed by atoms with van der Waals surface area (Å²) in [5.74, 6) is 0.559. The number of ether oxygens (including phenoxy) is 2. The number of nitriles is 1. The number of carbonyl (C=O) groups excluding carboxylic acids is 1. The fourth-order valence-corrected chi connectivity index (χ4v) is 3.82. The van der Waals surface area contributed by atoms with Crippen LogP contribution in [-0.2, 0) is 4.79 Å². The molecule has 0 radical (unpaired) electrons. The Kier molecular flexibility index (Phi) is 8.59. The van der Waals surface area contributed by atoms with E-state index in [1.165, 1.54) is 24.3 Å². The SMILES string of the molecule is CCOc1cc(/C=C(\C#N)c2ccc([N+](=O)[O-])cc2)cc(I)c1OCC(=O)Nc1ccccc1. The van der Waals surface area contributed by atoms with Crippen LogP contribution in [0.25, 0.3) is 11.6 Å². The molecule has 0 aliphatic carbocycles. The first kappa shape index (κ1) is 24.7. The largest absolute Gasteiger partial charge is 0.490 e. The zero-order chi connectivity index (χ0) is 24.5. The topological polar surface area (TPSA) is 114 Å². The lowest BCUT2D eigenvalue weighted by molar-refractivity contribution is -0.384. The number of nitro groups is 1. The number of halogens is 1. The van der Waals surface area contributed by atoms with Crippen LogP contribution in [0.2, 0.25) is 0 Å². The second-order valence-electron chi connectivity index (χ2n) is 6.94. The van der Waals surface area contributed by atoms with Gasteiger partial charge in [-0.05, 0) is 83.1 Å². The number of para-hydroxylation sites is 1. The summed E-state index contributed by atoms with van der Waals surface area (Å²) < 4.78 is 12.2. The quantitative estimate of drug-likeness (QED) is 0.117. The van der Waals surface area contributed by atoms with Gasteiger partial charge in [0, 0.05) is 17.8 Å². The van der Waals surface area contributed by atoms with Crippen molar-refractivity contribution in [3.05, 3.63) is 91.5 Å². The Morgan fingerprint density at radius 3 is 2.47 bits per heavy atom. The molecule has 0 atom stereocenters. The number of hydrogen-bond acceptors (Lipinski definition) is 6. The van der Waals surface area contributed by atoms with Crippen LogP contribution >= 0.6 is 22.6 Å². The smallest absolute Gasteiger partial charge is 0.269 e. The number of rotatable bonds is 9. The van der Waals surface area contributed by atoms with Gasteiger partial charge >= 0.3 is 0 Å². The fraction of sp³-hybridized carbons (Fsp3) is 0.120. The third-order valence-corrected chi connectivity index (χ3v) is 5.36. The predicted octanol–water partition coefficient (Wildman–Crippen LogP) is 5.68. The number of hydrogen-bond donors (Lipinski definition) is 1. The minimum atomic E-state index is -0.491. The average Bonchev–Trinajstić information content (AvgIpc) is 2.83. The highest BCUT2D eigenvalue weighted by molar-refractivity contribution is 14.1. The van der Waals surface area contributed by atoms with E-state index >= 15 is 0 Å². The van der Waals surface area contributed by atoms with Gasteiger partial charge in [0.2, 0.25) is 0 Å². The Labute approximate surface area is 210 Å². The van der Waals surface area contributed by atoms with E-state index in [1.54, 1.807) is 30.3 Å². The lowest BCUT2D eigenvalue weighted by atomic mass is 10.0. The van der Waals surface area contributed by atoms with Crippen molar-refractivity contribution >= 4 is 51.5 Å². The van der Waals surface area contributed by atoms with E-state index in [1.807, 2.05) is 25.1 Å². The van der Waals surface area contributed by atoms with Crippen LogP contribution in [0.3, 0.4) is 0 Å². The first-order valence-electron chi connectivity index (χ1n) is 10.2. The summed E-state index contributed by atoms with van der Waals surface area (Å²) in [5, 5.41) is 23.3. The average molecular weight is 569 g/mol. The Balaban J connectivity index is 1.82. The number of nitrogens with one attached hydrogen (secondary N) is 1. The van der Waals surface area contributed by atoms with Crippen molar-refractivity contribution in [2.75, 3.05) is 18.5 Å². The molecular formula is C25H20IN3O5. The first-order chi connectivity index (χ1) is 16.4. The molecule has 3 aromatic carbocycles. The van der Waals surface area contributed by atoms with E-state index in [4.69, 9.17) is 9.47 Å². The van der Waals surface area contributed by atoms with Crippen molar-refractivity contribution in [3.8, 4) is 17.6 Å². The Morgan fingerprint density at radius 2 is 1.85 bits per heavy atom. The molecule has 172 valence electrons. The number of nitrogens with zero attached hydrogens (tertiary/aromatic N) is 2. The van der Waals surface area contributed by atoms with Crippen molar-refractivity contribution in [1.82, 2.24) is 0 Å². The molecule has 34 heavy (non-hydrogen) atoms. The van der Waals surface area contributed by atoms with E-state index in [0.717, 1.165) is 0 Å². The Morgan fingerprint density at radius 1 is 1.15 bits per heavy atom. The van der Waals surface area contributed by atoms with Crippen LogP contribution in [0.1, 0.15) is 18.1 Å². The molecule has 0 aliphatic rings. The number of nitro benzene ring substituents is 1. The second kappa shape index (κ2) is 11.8. The molecule has 0 unspecified atom stereocenters. The molecule has 3 aromatic rings. The summed E-state index contributed by atoms with van der Waals surface area (Å²) in [7, 11) is 0. The van der Waals surface area contributed by atoms with E-state index in [0.29, 0.717) is 44.1 Å². The molecule has 8 nitrogen and oxygen atoms in total. The molecule has 0 saturated carbocycles. The van der Waals surface area contributed by atoms with Crippen LogP contribution in [-0.4, -0.2) is 24.0 Å². The highest BCUT2D eigenvalue weighted by atomic mass is 127. The molecule has 9 heteroatoms. The maximum Gasteiger partial charge on any atom is 0.269 e. The molecule has 0 aliphatic heterocycles. The maximum atomic E-state index is 12.3. The molecule has 0 heterocycles. The van der Waals surface area contributed by atoms with Gasteiger partial charge in [-0.2, -0.15) is 5.26 Å². The minimum Gasteiger partial charge on any atom is -0.490 e. The number of benzene rings is 3. The van der Waals surface area contributed by atoms with Crippen LogP contribution in [0.4, 0.5) is 11.4 Å². The number of carbonyl (C=O) groups is 1. The van der Waals surface area contributed by atoms with Crippen LogP contribution in [0.15, 0.2) is 66.7 Å². The number of anilines is 1. The summed E-state index contributed by atoms with van der Waals surface area (Å²) in [6.45, 7) is 2.01. The second-order valence-corrected chi connectivity index (χ2v) is 8.10. The molecule has 0 saturated heterocycles. The third-order valence-electron chi connectivity index (χ3n) is 4.56. The summed E-state index contributed by atoms with van der Waals surface area (Å²) >= 11 is 2.08. The molecule has 0 bridgehead atoms. The highest BCUT2D eigenvalue weighted by Crippen LogP contribution is 2.35. The van der Waals surface area contributed by atoms with Gasteiger partial charge in [-0.1, -0.05) is 18.2 Å². The number of allylic oxidation sites excluding steroid dienone is 1. The highest BCUT2D eigenvalue weighted by Gasteiger charge is 2.15. The van der Waals surface area contributed by atoms with E-state index < -0.39 is 4.92 Å². The van der Waals surface area contributed by atoms with E-state index in [-0.39, 0.29) is 18.2 Å². The van der Waals surface area contributed by atoms with Gasteiger partial charge < -0.3 is 14.8 Å². The predicted molar refractivity (Wildman–Crippen MR) is 137 cm³/mol. The van der Waals surface area contributed by atoms with E-state index in [2.05, 4.69) is 34.0 Å². The van der Waals surface area contributed by atoms with Gasteiger partial charge in [-0.25, -0.2) is 0 Å². The van der Waals surface area contributed by atoms with Crippen LogP contribution in [0, 0.1) is 25.0 Å². The zero-order valence-electron chi connectivity index (χ0n) is 18.2. The fourth-order valence-electron chi connectivity index (χ4n) is 3.04. The van der Waals surface area contributed by atoms with Gasteiger partial charge in [0.25, 0.3) is 11.6 Å². The van der Waals surface area contributed by atoms with Crippen molar-refractivity contribution in [1.29, 1.82) is 5.26 Å². The zero-order valence-corrected chi connectivity index (χ0v) is 20.3. The minimum absolute atomic E-state index is 0.0491. The van der Waals surface area contributed by atoms with Crippen molar-refractivity contribution in [2.45, 2.75) is 6.92 Å². The molecular weight excluding hydrogens is 549 g/mol. The molecule has 0 fully saturated rings. The van der Waals surface area contributed by atoms with Crippen molar-refractivity contribution < 1.29 is 19.2 Å². The molecule has 0 spiro atoms. The van der Waals surface area contributed by atoms with Gasteiger partial charge in [0.1, 0.15) is 0 Å². The lowest BCUT2D eigenvalue weighted by Gasteiger charge is -2.15. The number of non-ortho nitro benzene ring substituents is 1. The Bertz CT molecular complexity index is 1250. The van der Waals surface area contributed by atoms with Gasteiger partial charge in [-0.3, -0.25) is 14.9 Å². The lowest BCUT2D eigenvalue weighted by Crippen LogP contribution is -2.20. The van der Waals surface area contributed by atoms with Crippen molar-refractivity contribution in [3.63, 3.8) is 0 Å². The van der Waals surface area contributed by atoms with Crippen LogP contribution < -0.4 is 14.8 Å². The van der Waals surface area contributed by atoms with Crippen LogP contribution in [0.5, 0.6) is 11.5 Å². The van der Waals surface area contributed by atoms with Gasteiger partial charge in [0.05, 0.1) is 26.7 Å². The van der Waals surface area contributed by atoms with Crippen molar-refractivity contribution in [2.24, 2.45) is 0 Å². The standard InChI is InChI=1S/C25H20IN3O5/c1-2-33-23-14-17(12-19(15-27)18-8-10-21(11-9-18)29(31)32)13-22(26)25(23)34-16-24(30)28-20-6-4-3-5-7-20/h3-14H,2,16H2,1H3,(H,28,30)/b19-12+. The third kappa shape index (κ3) is 6.55.